The summed E-state index contributed by atoms with van der Waals surface area (Å²) in [5.41, 5.74) is 1.03. The summed E-state index contributed by atoms with van der Waals surface area (Å²) in [6.45, 7) is 0. The van der Waals surface area contributed by atoms with Crippen molar-refractivity contribution < 1.29 is 14.3 Å². The van der Waals surface area contributed by atoms with Gasteiger partial charge in [0.15, 0.2) is 0 Å². The lowest BCUT2D eigenvalue weighted by Crippen LogP contribution is -2.17. The van der Waals surface area contributed by atoms with Crippen LogP contribution in [0.4, 0.5) is 11.4 Å². The number of hydrogen-bond donors (Lipinski definition) is 2. The zero-order valence-electron chi connectivity index (χ0n) is 15.4. The summed E-state index contributed by atoms with van der Waals surface area (Å²) in [6.07, 6.45) is 0. The van der Waals surface area contributed by atoms with E-state index in [9.17, 15) is 9.59 Å². The minimum Gasteiger partial charge on any atom is -0.496 e. The summed E-state index contributed by atoms with van der Waals surface area (Å²) in [7, 11) is 1.42. The van der Waals surface area contributed by atoms with Crippen LogP contribution in [0.3, 0.4) is 0 Å². The Bertz CT molecular complexity index is 1140. The van der Waals surface area contributed by atoms with Crippen molar-refractivity contribution in [3.05, 3.63) is 85.8 Å². The van der Waals surface area contributed by atoms with Crippen molar-refractivity contribution in [3.63, 3.8) is 0 Å². The number of ether oxygens (including phenoxy) is 1. The van der Waals surface area contributed by atoms with E-state index in [4.69, 9.17) is 51.1 Å². The van der Waals surface area contributed by atoms with E-state index in [0.717, 1.165) is 0 Å². The van der Waals surface area contributed by atoms with Gasteiger partial charge < -0.3 is 15.4 Å². The van der Waals surface area contributed by atoms with Crippen LogP contribution in [0.25, 0.3) is 0 Å². The molecule has 0 unspecified atom stereocenters. The van der Waals surface area contributed by atoms with Crippen molar-refractivity contribution in [1.29, 1.82) is 0 Å². The summed E-state index contributed by atoms with van der Waals surface area (Å²) in [5.74, 6) is -0.717. The van der Waals surface area contributed by atoms with Gasteiger partial charge in [0, 0.05) is 15.6 Å². The average Bonchev–Trinajstić information content (AvgIpc) is 2.72. The first-order valence-corrected chi connectivity index (χ1v) is 10.0. The van der Waals surface area contributed by atoms with Crippen LogP contribution in [0, 0.1) is 0 Å². The molecule has 2 amide bonds. The molecule has 0 aliphatic heterocycles. The molecule has 9 heteroatoms. The standard InChI is InChI=1S/C21H14Cl4N2O3/c1-30-19-7-2-11(20(28)26-17-9-12(22)3-5-15(17)24)8-14(19)21(29)27-18-10-13(23)4-6-16(18)25/h2-10H,1H3,(H,26,28)(H,27,29). The number of halogens is 4. The molecule has 0 saturated carbocycles. The Labute approximate surface area is 192 Å². The van der Waals surface area contributed by atoms with Crippen molar-refractivity contribution in [2.24, 2.45) is 0 Å². The van der Waals surface area contributed by atoms with Crippen LogP contribution in [0.15, 0.2) is 54.6 Å². The minimum absolute atomic E-state index is 0.137. The zero-order valence-corrected chi connectivity index (χ0v) is 18.5. The lowest BCUT2D eigenvalue weighted by molar-refractivity contribution is 0.102. The number of anilines is 2. The molecule has 154 valence electrons. The number of hydrogen-bond acceptors (Lipinski definition) is 3. The van der Waals surface area contributed by atoms with E-state index in [0.29, 0.717) is 31.5 Å². The molecule has 3 rings (SSSR count). The second kappa shape index (κ2) is 9.58. The van der Waals surface area contributed by atoms with Crippen molar-refractivity contribution in [2.75, 3.05) is 17.7 Å². The van der Waals surface area contributed by atoms with Gasteiger partial charge in [-0.05, 0) is 54.6 Å². The first-order chi connectivity index (χ1) is 14.3. The number of nitrogens with one attached hydrogen (secondary N) is 2. The van der Waals surface area contributed by atoms with Gasteiger partial charge >= 0.3 is 0 Å². The summed E-state index contributed by atoms with van der Waals surface area (Å²) in [4.78, 5) is 25.5. The number of amides is 2. The van der Waals surface area contributed by atoms with E-state index >= 15 is 0 Å². The molecule has 0 aliphatic carbocycles. The third-order valence-corrected chi connectivity index (χ3v) is 5.19. The van der Waals surface area contributed by atoms with Crippen LogP contribution in [-0.4, -0.2) is 18.9 Å². The fraction of sp³-hybridized carbons (Fsp3) is 0.0476. The molecule has 0 fully saturated rings. The molecule has 3 aromatic rings. The molecular formula is C21H14Cl4N2O3. The Morgan fingerprint density at radius 3 is 1.80 bits per heavy atom. The smallest absolute Gasteiger partial charge is 0.259 e. The minimum atomic E-state index is -0.522. The molecule has 5 nitrogen and oxygen atoms in total. The van der Waals surface area contributed by atoms with Crippen LogP contribution in [0.1, 0.15) is 20.7 Å². The molecular weight excluding hydrogens is 470 g/mol. The van der Waals surface area contributed by atoms with Gasteiger partial charge in [0.05, 0.1) is 34.1 Å². The lowest BCUT2D eigenvalue weighted by Gasteiger charge is -2.13. The maximum atomic E-state index is 12.8. The van der Waals surface area contributed by atoms with E-state index < -0.39 is 11.8 Å². The number of carbonyl (C=O) groups is 2. The Morgan fingerprint density at radius 2 is 1.27 bits per heavy atom. The van der Waals surface area contributed by atoms with Crippen LogP contribution in [0.5, 0.6) is 5.75 Å². The van der Waals surface area contributed by atoms with E-state index in [2.05, 4.69) is 10.6 Å². The average molecular weight is 484 g/mol. The SMILES string of the molecule is COc1ccc(C(=O)Nc2cc(Cl)ccc2Cl)cc1C(=O)Nc1cc(Cl)ccc1Cl. The molecule has 0 radical (unpaired) electrons. The quantitative estimate of drug-likeness (QED) is 0.418. The maximum Gasteiger partial charge on any atom is 0.259 e. The van der Waals surface area contributed by atoms with Gasteiger partial charge in [0.25, 0.3) is 11.8 Å². The summed E-state index contributed by atoms with van der Waals surface area (Å²) in [6, 6.07) is 13.8. The van der Waals surface area contributed by atoms with Crippen molar-refractivity contribution in [2.45, 2.75) is 0 Å². The zero-order chi connectivity index (χ0) is 21.8. The van der Waals surface area contributed by atoms with Crippen molar-refractivity contribution in [1.82, 2.24) is 0 Å². The monoisotopic (exact) mass is 482 g/mol. The molecule has 0 saturated heterocycles. The second-order valence-corrected chi connectivity index (χ2v) is 7.76. The largest absolute Gasteiger partial charge is 0.496 e. The van der Waals surface area contributed by atoms with Crippen LogP contribution in [0.2, 0.25) is 20.1 Å². The second-order valence-electron chi connectivity index (χ2n) is 6.07. The molecule has 0 atom stereocenters. The van der Waals surface area contributed by atoms with Gasteiger partial charge in [-0.3, -0.25) is 9.59 Å². The van der Waals surface area contributed by atoms with Gasteiger partial charge in [-0.25, -0.2) is 0 Å². The maximum absolute atomic E-state index is 12.8. The molecule has 0 spiro atoms. The molecule has 30 heavy (non-hydrogen) atoms. The van der Waals surface area contributed by atoms with E-state index in [1.165, 1.54) is 37.4 Å². The molecule has 0 aliphatic rings. The fourth-order valence-corrected chi connectivity index (χ4v) is 3.27. The van der Waals surface area contributed by atoms with Gasteiger partial charge in [-0.15, -0.1) is 0 Å². The number of methoxy groups -OCH3 is 1. The first-order valence-electron chi connectivity index (χ1n) is 8.49. The normalized spacial score (nSPS) is 10.4. The Hall–Kier alpha value is -2.44. The summed E-state index contributed by atoms with van der Waals surface area (Å²) >= 11 is 24.1. The van der Waals surface area contributed by atoms with Gasteiger partial charge in [0.2, 0.25) is 0 Å². The fourth-order valence-electron chi connectivity index (χ4n) is 2.60. The molecule has 2 N–H and O–H groups in total. The van der Waals surface area contributed by atoms with Crippen LogP contribution in [-0.2, 0) is 0 Å². The van der Waals surface area contributed by atoms with Crippen LogP contribution < -0.4 is 15.4 Å². The summed E-state index contributed by atoms with van der Waals surface area (Å²) < 4.78 is 5.26. The topological polar surface area (TPSA) is 67.4 Å². The molecule has 3 aromatic carbocycles. The van der Waals surface area contributed by atoms with Crippen LogP contribution >= 0.6 is 46.4 Å². The Kier molecular flexibility index (Phi) is 7.10. The number of carbonyl (C=O) groups excluding carboxylic acids is 2. The number of benzene rings is 3. The van der Waals surface area contributed by atoms with Gasteiger partial charge in [0.1, 0.15) is 5.75 Å². The molecule has 0 aromatic heterocycles. The highest BCUT2D eigenvalue weighted by atomic mass is 35.5. The first kappa shape index (κ1) is 22.2. The predicted octanol–water partition coefficient (Wildman–Crippen LogP) is 6.81. The van der Waals surface area contributed by atoms with E-state index in [-0.39, 0.29) is 16.9 Å². The van der Waals surface area contributed by atoms with Crippen molar-refractivity contribution >= 4 is 69.6 Å². The third-order valence-electron chi connectivity index (χ3n) is 4.06. The highest BCUT2D eigenvalue weighted by Gasteiger charge is 2.18. The Balaban J connectivity index is 1.89. The predicted molar refractivity (Wildman–Crippen MR) is 122 cm³/mol. The van der Waals surface area contributed by atoms with Gasteiger partial charge in [-0.1, -0.05) is 46.4 Å². The lowest BCUT2D eigenvalue weighted by atomic mass is 10.1. The highest BCUT2D eigenvalue weighted by Crippen LogP contribution is 2.29. The molecule has 0 heterocycles. The Morgan fingerprint density at radius 1 is 0.733 bits per heavy atom. The van der Waals surface area contributed by atoms with Gasteiger partial charge in [-0.2, -0.15) is 0 Å². The molecule has 0 bridgehead atoms. The van der Waals surface area contributed by atoms with E-state index in [1.54, 1.807) is 24.3 Å². The third kappa shape index (κ3) is 5.18. The van der Waals surface area contributed by atoms with E-state index in [1.807, 2.05) is 0 Å². The summed E-state index contributed by atoms with van der Waals surface area (Å²) in [5, 5.41) is 6.81. The highest BCUT2D eigenvalue weighted by molar-refractivity contribution is 6.36. The number of rotatable bonds is 5. The van der Waals surface area contributed by atoms with Crippen molar-refractivity contribution in [3.8, 4) is 5.75 Å².